The van der Waals surface area contributed by atoms with Crippen molar-refractivity contribution in [3.05, 3.63) is 70.3 Å². The summed E-state index contributed by atoms with van der Waals surface area (Å²) in [5, 5.41) is 20.8. The molecule has 2 N–H and O–H groups in total. The Labute approximate surface area is 161 Å². The van der Waals surface area contributed by atoms with Crippen molar-refractivity contribution in [3.63, 3.8) is 0 Å². The monoisotopic (exact) mass is 387 g/mol. The number of nitrogens with zero attached hydrogens (tertiary/aromatic N) is 1. The maximum atomic E-state index is 12.7. The van der Waals surface area contributed by atoms with Gasteiger partial charge in [-0.15, -0.1) is 0 Å². The van der Waals surface area contributed by atoms with Crippen LogP contribution in [-0.4, -0.2) is 47.1 Å². The highest BCUT2D eigenvalue weighted by molar-refractivity contribution is 6.46. The van der Waals surface area contributed by atoms with Gasteiger partial charge in [-0.1, -0.05) is 23.7 Å². The van der Waals surface area contributed by atoms with E-state index >= 15 is 0 Å². The Hall–Kier alpha value is -2.83. The van der Waals surface area contributed by atoms with E-state index in [-0.39, 0.29) is 30.2 Å². The fraction of sp³-hybridized carbons (Fsp3) is 0.200. The Morgan fingerprint density at radius 2 is 1.74 bits per heavy atom. The summed E-state index contributed by atoms with van der Waals surface area (Å²) in [6.45, 7) is 0.423. The third kappa shape index (κ3) is 3.67. The molecule has 2 aromatic carbocycles. The minimum atomic E-state index is -0.781. The van der Waals surface area contributed by atoms with Gasteiger partial charge < -0.3 is 19.8 Å². The number of hydrogen-bond donors (Lipinski definition) is 2. The molecule has 1 fully saturated rings. The zero-order valence-corrected chi connectivity index (χ0v) is 15.3. The van der Waals surface area contributed by atoms with Crippen LogP contribution in [0.5, 0.6) is 5.75 Å². The van der Waals surface area contributed by atoms with Crippen LogP contribution in [0.4, 0.5) is 0 Å². The lowest BCUT2D eigenvalue weighted by molar-refractivity contribution is -0.140. The first-order chi connectivity index (χ1) is 12.9. The standard InChI is InChI=1S/C20H18ClNO5/c1-27-11-10-22-17(12-4-8-15(23)9-5-12)16(19(25)20(22)26)18(24)13-2-6-14(21)7-3-13/h2-9,17,23-24H,10-11H2,1H3/t17-/m1/s1. The summed E-state index contributed by atoms with van der Waals surface area (Å²) >= 11 is 5.88. The van der Waals surface area contributed by atoms with Gasteiger partial charge in [0.15, 0.2) is 0 Å². The predicted molar refractivity (Wildman–Crippen MR) is 100 cm³/mol. The van der Waals surface area contributed by atoms with Crippen LogP contribution in [0.1, 0.15) is 17.2 Å². The van der Waals surface area contributed by atoms with Crippen molar-refractivity contribution < 1.29 is 24.5 Å². The van der Waals surface area contributed by atoms with Crippen molar-refractivity contribution in [2.75, 3.05) is 20.3 Å². The minimum Gasteiger partial charge on any atom is -0.508 e. The van der Waals surface area contributed by atoms with Gasteiger partial charge in [0.1, 0.15) is 11.5 Å². The summed E-state index contributed by atoms with van der Waals surface area (Å²) in [4.78, 5) is 26.6. The highest BCUT2D eigenvalue weighted by atomic mass is 35.5. The van der Waals surface area contributed by atoms with Crippen LogP contribution in [0, 0.1) is 0 Å². The van der Waals surface area contributed by atoms with E-state index in [1.165, 1.54) is 24.1 Å². The van der Waals surface area contributed by atoms with Gasteiger partial charge in [-0.2, -0.15) is 0 Å². The van der Waals surface area contributed by atoms with E-state index in [2.05, 4.69) is 0 Å². The van der Waals surface area contributed by atoms with Crippen molar-refractivity contribution in [1.29, 1.82) is 0 Å². The zero-order chi connectivity index (χ0) is 19.6. The molecule has 1 heterocycles. The number of Topliss-reactive ketones (excluding diaryl/α,β-unsaturated/α-hetero) is 1. The molecule has 2 aromatic rings. The first kappa shape index (κ1) is 18.9. The number of aliphatic hydroxyl groups excluding tert-OH is 1. The van der Waals surface area contributed by atoms with E-state index in [0.717, 1.165) is 0 Å². The van der Waals surface area contributed by atoms with Crippen LogP contribution in [-0.2, 0) is 14.3 Å². The summed E-state index contributed by atoms with van der Waals surface area (Å²) < 4.78 is 5.05. The average Bonchev–Trinajstić information content (AvgIpc) is 2.91. The molecule has 0 radical (unpaired) electrons. The van der Waals surface area contributed by atoms with E-state index in [9.17, 15) is 19.8 Å². The number of benzene rings is 2. The normalized spacial score (nSPS) is 18.9. The zero-order valence-electron chi connectivity index (χ0n) is 14.6. The molecule has 3 rings (SSSR count). The van der Waals surface area contributed by atoms with Crippen molar-refractivity contribution in [2.45, 2.75) is 6.04 Å². The van der Waals surface area contributed by atoms with Crippen molar-refractivity contribution in [3.8, 4) is 5.75 Å². The maximum Gasteiger partial charge on any atom is 0.295 e. The topological polar surface area (TPSA) is 87.1 Å². The molecular formula is C20H18ClNO5. The number of amides is 1. The third-order valence-corrected chi connectivity index (χ3v) is 4.65. The van der Waals surface area contributed by atoms with Gasteiger partial charge >= 0.3 is 0 Å². The van der Waals surface area contributed by atoms with Gasteiger partial charge in [0, 0.05) is 24.2 Å². The fourth-order valence-corrected chi connectivity index (χ4v) is 3.19. The van der Waals surface area contributed by atoms with E-state index < -0.39 is 17.7 Å². The molecule has 0 aromatic heterocycles. The number of phenolic OH excluding ortho intramolecular Hbond substituents is 1. The Bertz CT molecular complexity index is 890. The van der Waals surface area contributed by atoms with Gasteiger partial charge in [0.25, 0.3) is 11.7 Å². The lowest BCUT2D eigenvalue weighted by atomic mass is 9.95. The lowest BCUT2D eigenvalue weighted by Crippen LogP contribution is -2.32. The van der Waals surface area contributed by atoms with Gasteiger partial charge in [-0.05, 0) is 42.0 Å². The highest BCUT2D eigenvalue weighted by Gasteiger charge is 2.45. The molecule has 0 saturated carbocycles. The second-order valence-corrected chi connectivity index (χ2v) is 6.52. The third-order valence-electron chi connectivity index (χ3n) is 4.40. The Morgan fingerprint density at radius 3 is 2.33 bits per heavy atom. The summed E-state index contributed by atoms with van der Waals surface area (Å²) in [6, 6.07) is 11.7. The van der Waals surface area contributed by atoms with Gasteiger partial charge in [0.2, 0.25) is 0 Å². The van der Waals surface area contributed by atoms with Gasteiger partial charge in [0.05, 0.1) is 18.2 Å². The number of ether oxygens (including phenoxy) is 1. The van der Waals surface area contributed by atoms with Crippen LogP contribution >= 0.6 is 11.6 Å². The Balaban J connectivity index is 2.14. The van der Waals surface area contributed by atoms with Crippen LogP contribution in [0.25, 0.3) is 5.76 Å². The number of rotatable bonds is 5. The number of aromatic hydroxyl groups is 1. The first-order valence-electron chi connectivity index (χ1n) is 8.26. The second kappa shape index (κ2) is 7.82. The van der Waals surface area contributed by atoms with Crippen LogP contribution in [0.15, 0.2) is 54.1 Å². The van der Waals surface area contributed by atoms with Crippen LogP contribution in [0.2, 0.25) is 5.02 Å². The molecule has 1 aliphatic rings. The lowest BCUT2D eigenvalue weighted by Gasteiger charge is -2.25. The molecule has 27 heavy (non-hydrogen) atoms. The smallest absolute Gasteiger partial charge is 0.295 e. The summed E-state index contributed by atoms with van der Waals surface area (Å²) in [6.07, 6.45) is 0. The first-order valence-corrected chi connectivity index (χ1v) is 8.64. The van der Waals surface area contributed by atoms with Crippen molar-refractivity contribution in [2.24, 2.45) is 0 Å². The molecule has 6 nitrogen and oxygen atoms in total. The van der Waals surface area contributed by atoms with Gasteiger partial charge in [-0.3, -0.25) is 9.59 Å². The predicted octanol–water partition coefficient (Wildman–Crippen LogP) is 3.11. The molecule has 0 bridgehead atoms. The number of likely N-dealkylation sites (tertiary alicyclic amines) is 1. The number of carbonyl (C=O) groups excluding carboxylic acids is 2. The largest absolute Gasteiger partial charge is 0.508 e. The quantitative estimate of drug-likeness (QED) is 0.467. The molecule has 1 amide bonds. The number of aliphatic hydroxyl groups is 1. The number of ketones is 1. The highest BCUT2D eigenvalue weighted by Crippen LogP contribution is 2.39. The second-order valence-electron chi connectivity index (χ2n) is 6.08. The summed E-state index contributed by atoms with van der Waals surface area (Å²) in [7, 11) is 1.50. The molecule has 1 saturated heterocycles. The summed E-state index contributed by atoms with van der Waals surface area (Å²) in [5.41, 5.74) is 0.968. The van der Waals surface area contributed by atoms with E-state index in [1.807, 2.05) is 0 Å². The van der Waals surface area contributed by atoms with E-state index in [1.54, 1.807) is 36.4 Å². The number of phenols is 1. The van der Waals surface area contributed by atoms with Crippen LogP contribution < -0.4 is 0 Å². The number of halogens is 1. The number of methoxy groups -OCH3 is 1. The SMILES string of the molecule is COCCN1C(=O)C(=O)C(=C(O)c2ccc(Cl)cc2)[C@H]1c1ccc(O)cc1. The maximum absolute atomic E-state index is 12.7. The molecule has 0 spiro atoms. The number of hydrogen-bond acceptors (Lipinski definition) is 5. The Kier molecular flexibility index (Phi) is 5.48. The number of carbonyl (C=O) groups is 2. The molecule has 1 aliphatic heterocycles. The Morgan fingerprint density at radius 1 is 1.11 bits per heavy atom. The van der Waals surface area contributed by atoms with E-state index in [0.29, 0.717) is 16.1 Å². The molecule has 0 unspecified atom stereocenters. The van der Waals surface area contributed by atoms with Gasteiger partial charge in [-0.25, -0.2) is 0 Å². The summed E-state index contributed by atoms with van der Waals surface area (Å²) in [5.74, 6) is -1.69. The van der Waals surface area contributed by atoms with Crippen molar-refractivity contribution in [1.82, 2.24) is 4.90 Å². The average molecular weight is 388 g/mol. The molecular weight excluding hydrogens is 370 g/mol. The molecule has 0 aliphatic carbocycles. The minimum absolute atomic E-state index is 0.0101. The molecule has 7 heteroatoms. The molecule has 140 valence electrons. The van der Waals surface area contributed by atoms with Crippen molar-refractivity contribution >= 4 is 29.1 Å². The fourth-order valence-electron chi connectivity index (χ4n) is 3.07. The van der Waals surface area contributed by atoms with E-state index in [4.69, 9.17) is 16.3 Å². The van der Waals surface area contributed by atoms with Crippen LogP contribution in [0.3, 0.4) is 0 Å². The molecule has 1 atom stereocenters.